The number of phenols is 4. The first-order chi connectivity index (χ1) is 57.9. The van der Waals surface area contributed by atoms with Gasteiger partial charge in [-0.1, -0.05) is 212 Å². The van der Waals surface area contributed by atoms with Gasteiger partial charge in [0.2, 0.25) is 39.3 Å². The molecule has 4 N–H and O–H groups in total. The van der Waals surface area contributed by atoms with Crippen molar-refractivity contribution in [1.29, 1.82) is 0 Å². The summed E-state index contributed by atoms with van der Waals surface area (Å²) in [5.74, 6) is -2.13. The van der Waals surface area contributed by atoms with Crippen molar-refractivity contribution in [2.24, 2.45) is 0 Å². The molecule has 0 amide bonds. The maximum absolute atomic E-state index is 14.3. The number of hydrogen-bond donors (Lipinski definition) is 4. The average Bonchev–Trinajstić information content (AvgIpc) is 0.711. The summed E-state index contributed by atoms with van der Waals surface area (Å²) in [5.41, 5.74) is 8.53. The summed E-state index contributed by atoms with van der Waals surface area (Å²) in [4.78, 5) is 23.3. The summed E-state index contributed by atoms with van der Waals surface area (Å²) in [5, 5.41) is 38.8. The highest BCUT2D eigenvalue weighted by molar-refractivity contribution is 7.93. The summed E-state index contributed by atoms with van der Waals surface area (Å²) in [6.07, 6.45) is 0. The number of phenolic OH excluding ortho intramolecular Hbond substituents is 4. The van der Waals surface area contributed by atoms with Gasteiger partial charge in [0, 0.05) is 0 Å². The summed E-state index contributed by atoms with van der Waals surface area (Å²) in [7, 11) is -19.6. The molecule has 0 saturated carbocycles. The summed E-state index contributed by atoms with van der Waals surface area (Å²) >= 11 is 0. The number of carbonyl (C=O) groups is 2. The molecule has 0 aromatic heterocycles. The van der Waals surface area contributed by atoms with E-state index in [1.54, 1.807) is 143 Å². The lowest BCUT2D eigenvalue weighted by molar-refractivity contribution is 0.0592. The van der Waals surface area contributed by atoms with Crippen LogP contribution in [0.25, 0.3) is 0 Å². The minimum absolute atomic E-state index is 0.0379. The SMILES string of the molecule is COC(=O)c1ccc(S(=O)(=O)c2ccc(C(=O)OC)cc2)cc1.Cc1ccc(O)c(S(=O)(=O)c2cc(C)ccc2O)c1.Cc1ccc(O)c(S(=O)(=O)c2ccccc2)c1.Cc1ccc(S(=O)(=O)c2cc(C)ccc2O)cc1.Cc1ccccc1CS(=O)(=O)c1ccccc1.O=S(=O)(c1ccccc1)C(c1ccccc1)(c1ccccc1)c1ccccc1. The fourth-order valence-corrected chi connectivity index (χ4v) is 21.8. The molecule has 14 aromatic carbocycles. The normalized spacial score (nSPS) is 11.4. The molecular formula is C96H88O20S6. The van der Waals surface area contributed by atoms with Gasteiger partial charge in [-0.3, -0.25) is 0 Å². The molecule has 20 nitrogen and oxygen atoms in total. The van der Waals surface area contributed by atoms with Crippen LogP contribution in [-0.4, -0.2) is 97.1 Å². The summed E-state index contributed by atoms with van der Waals surface area (Å²) < 4.78 is 160. The number of hydrogen-bond acceptors (Lipinski definition) is 20. The molecule has 0 fully saturated rings. The Labute approximate surface area is 712 Å². The molecule has 26 heteroatoms. The van der Waals surface area contributed by atoms with Gasteiger partial charge in [-0.25, -0.2) is 60.1 Å². The van der Waals surface area contributed by atoms with Gasteiger partial charge >= 0.3 is 11.9 Å². The Bertz CT molecular complexity index is 6470. The molecule has 122 heavy (non-hydrogen) atoms. The van der Waals surface area contributed by atoms with E-state index >= 15 is 0 Å². The van der Waals surface area contributed by atoms with Gasteiger partial charge in [-0.15, -0.1) is 0 Å². The lowest BCUT2D eigenvalue weighted by Gasteiger charge is -2.35. The first-order valence-corrected chi connectivity index (χ1v) is 46.4. The van der Waals surface area contributed by atoms with E-state index in [1.807, 2.05) is 141 Å². The van der Waals surface area contributed by atoms with Gasteiger partial charge in [0.1, 0.15) is 42.6 Å². The van der Waals surface area contributed by atoms with E-state index in [4.69, 9.17) is 0 Å². The number of methoxy groups -OCH3 is 2. The third-order valence-electron chi connectivity index (χ3n) is 18.9. The van der Waals surface area contributed by atoms with Crippen molar-refractivity contribution in [3.05, 3.63) is 419 Å². The number of benzene rings is 14. The van der Waals surface area contributed by atoms with Crippen molar-refractivity contribution in [2.75, 3.05) is 14.2 Å². The predicted molar refractivity (Wildman–Crippen MR) is 468 cm³/mol. The number of ether oxygens (including phenoxy) is 2. The molecule has 0 spiro atoms. The number of rotatable bonds is 18. The monoisotopic (exact) mass is 1750 g/mol. The van der Waals surface area contributed by atoms with Crippen LogP contribution in [0.4, 0.5) is 0 Å². The van der Waals surface area contributed by atoms with Crippen molar-refractivity contribution >= 4 is 71.0 Å². The van der Waals surface area contributed by atoms with Crippen molar-refractivity contribution in [3.8, 4) is 23.0 Å². The second kappa shape index (κ2) is 40.8. The Morgan fingerprint density at radius 3 is 0.844 bits per heavy atom. The predicted octanol–water partition coefficient (Wildman–Crippen LogP) is 18.4. The highest BCUT2D eigenvalue weighted by Crippen LogP contribution is 2.47. The topological polar surface area (TPSA) is 338 Å². The number of aryl methyl sites for hydroxylation is 6. The zero-order valence-corrected chi connectivity index (χ0v) is 72.4. The van der Waals surface area contributed by atoms with Crippen molar-refractivity contribution in [3.63, 3.8) is 0 Å². The van der Waals surface area contributed by atoms with Crippen molar-refractivity contribution < 1.29 is 90.0 Å². The summed E-state index contributed by atoms with van der Waals surface area (Å²) in [6.45, 7) is 10.8. The number of aromatic hydroxyl groups is 4. The highest BCUT2D eigenvalue weighted by atomic mass is 32.2. The fourth-order valence-electron chi connectivity index (χ4n) is 12.4. The Hall–Kier alpha value is -13.1. The highest BCUT2D eigenvalue weighted by Gasteiger charge is 2.49. The number of carbonyl (C=O) groups excluding carboxylic acids is 2. The van der Waals surface area contributed by atoms with Gasteiger partial charge in [0.05, 0.1) is 60.5 Å². The number of esters is 2. The number of sulfone groups is 6. The maximum Gasteiger partial charge on any atom is 0.337 e. The molecule has 0 aliphatic carbocycles. The zero-order valence-electron chi connectivity index (χ0n) is 67.5. The minimum Gasteiger partial charge on any atom is -0.507 e. The van der Waals surface area contributed by atoms with Gasteiger partial charge in [-0.05, 0) is 237 Å². The van der Waals surface area contributed by atoms with Gasteiger partial charge in [0.25, 0.3) is 0 Å². The van der Waals surface area contributed by atoms with Gasteiger partial charge in [-0.2, -0.15) is 0 Å². The standard InChI is InChI=1S/C25H20O2S.C16H14O6S.C14H14O4S.C14H14O3S.C14H14O2S.C13H12O3S/c26-28(27,24-19-11-4-12-20-24)25(21-13-5-1-6-14-21,22-15-7-2-8-16-22)23-17-9-3-10-18-23;1-21-15(17)11-3-7-13(8-4-11)23(19,20)14-9-5-12(6-10-14)16(18)22-2;1-9-3-5-11(15)13(7-9)19(17,18)14-8-10(2)4-6-12(14)16;1-10-3-6-12(7-4-10)18(16,17)14-9-11(2)5-8-13(14)15;1-12-7-5-6-8-13(12)11-17(15,16)14-9-3-2-4-10-14;1-10-7-8-12(14)13(9-10)17(15,16)11-5-3-2-4-6-11/h1-20H;3-10H,1-2H3;3-8,15-16H,1-2H3;3-9,15H,1-2H3;2-10H,11H2,1H3;2-9,14H,1H3. The van der Waals surface area contributed by atoms with Gasteiger partial charge < -0.3 is 29.9 Å². The Morgan fingerprint density at radius 2 is 0.525 bits per heavy atom. The van der Waals surface area contributed by atoms with Crippen LogP contribution in [0.15, 0.2) is 401 Å². The van der Waals surface area contributed by atoms with Crippen LogP contribution in [0, 0.1) is 41.5 Å². The largest absolute Gasteiger partial charge is 0.507 e. The lowest BCUT2D eigenvalue weighted by Crippen LogP contribution is -2.38. The van der Waals surface area contributed by atoms with Crippen LogP contribution >= 0.6 is 0 Å². The Kier molecular flexibility index (Phi) is 31.0. The molecule has 0 radical (unpaired) electrons. The van der Waals surface area contributed by atoms with E-state index in [2.05, 4.69) is 9.47 Å². The average molecular weight is 1750 g/mol. The van der Waals surface area contributed by atoms with Crippen LogP contribution in [0.5, 0.6) is 23.0 Å². The van der Waals surface area contributed by atoms with E-state index in [-0.39, 0.29) is 79.0 Å². The first kappa shape index (κ1) is 92.8. The van der Waals surface area contributed by atoms with Crippen LogP contribution in [0.3, 0.4) is 0 Å². The van der Waals surface area contributed by atoms with Gasteiger partial charge in [0.15, 0.2) is 24.4 Å². The lowest BCUT2D eigenvalue weighted by atomic mass is 9.84. The van der Waals surface area contributed by atoms with Crippen LogP contribution in [-0.2, 0) is 79.0 Å². The molecule has 628 valence electrons. The molecule has 0 atom stereocenters. The fraction of sp³-hybridized carbons (Fsp3) is 0.104. The van der Waals surface area contributed by atoms with E-state index in [0.717, 1.165) is 44.5 Å². The zero-order chi connectivity index (χ0) is 88.8. The second-order valence-corrected chi connectivity index (χ2v) is 39.4. The van der Waals surface area contributed by atoms with Crippen molar-refractivity contribution in [1.82, 2.24) is 0 Å². The third kappa shape index (κ3) is 22.3. The van der Waals surface area contributed by atoms with Crippen molar-refractivity contribution in [2.45, 2.75) is 101 Å². The molecule has 0 aliphatic rings. The summed E-state index contributed by atoms with van der Waals surface area (Å²) in [6, 6.07) is 96.3. The van der Waals surface area contributed by atoms with E-state index < -0.39 is 75.7 Å². The molecule has 14 aromatic rings. The van der Waals surface area contributed by atoms with E-state index in [0.29, 0.717) is 20.9 Å². The second-order valence-electron chi connectivity index (χ2n) is 27.7. The smallest absolute Gasteiger partial charge is 0.337 e. The molecular weight excluding hydrogens is 1670 g/mol. The van der Waals surface area contributed by atoms with E-state index in [9.17, 15) is 80.5 Å². The quantitative estimate of drug-likeness (QED) is 0.0458. The molecule has 0 unspecified atom stereocenters. The Balaban J connectivity index is 0.000000168. The first-order valence-electron chi connectivity index (χ1n) is 37.4. The molecule has 0 heterocycles. The Morgan fingerprint density at radius 1 is 0.270 bits per heavy atom. The molecule has 0 bridgehead atoms. The molecule has 14 rings (SSSR count). The van der Waals surface area contributed by atoms with E-state index in [1.165, 1.54) is 123 Å². The maximum atomic E-state index is 14.3. The van der Waals surface area contributed by atoms with Crippen LogP contribution < -0.4 is 0 Å². The molecule has 0 saturated heterocycles. The van der Waals surface area contributed by atoms with Crippen LogP contribution in [0.2, 0.25) is 0 Å². The minimum atomic E-state index is -3.95. The molecule has 0 aliphatic heterocycles. The third-order valence-corrected chi connectivity index (χ3v) is 30.2. The van der Waals surface area contributed by atoms with Crippen LogP contribution in [0.1, 0.15) is 76.4 Å².